The van der Waals surface area contributed by atoms with Crippen molar-refractivity contribution >= 4 is 39.3 Å². The number of nitrogens with one attached hydrogen (secondary N) is 1. The summed E-state index contributed by atoms with van der Waals surface area (Å²) in [6.07, 6.45) is -4.71. The van der Waals surface area contributed by atoms with Gasteiger partial charge in [-0.15, -0.1) is 11.8 Å². The first-order valence-electron chi connectivity index (χ1n) is 7.68. The van der Waals surface area contributed by atoms with Gasteiger partial charge in [0.05, 0.1) is 16.5 Å². The zero-order valence-electron chi connectivity index (χ0n) is 14.0. The molecule has 0 spiro atoms. The van der Waals surface area contributed by atoms with Gasteiger partial charge in [-0.1, -0.05) is 25.4 Å². The first-order valence-corrected chi connectivity index (χ1v) is 10.7. The topological polar surface area (TPSA) is 66.5 Å². The number of carbonyl (C=O) groups excluding carboxylic acids is 1. The summed E-state index contributed by atoms with van der Waals surface area (Å²) < 4.78 is 65.4. The first-order chi connectivity index (χ1) is 11.9. The maximum absolute atomic E-state index is 12.9. The smallest absolute Gasteiger partial charge is 0.354 e. The molecule has 1 unspecified atom stereocenters. The molecule has 1 amide bonds. The Kier molecular flexibility index (Phi) is 6.53. The van der Waals surface area contributed by atoms with Gasteiger partial charge in [0, 0.05) is 12.3 Å². The highest BCUT2D eigenvalue weighted by Crippen LogP contribution is 2.36. The van der Waals surface area contributed by atoms with E-state index in [9.17, 15) is 26.4 Å². The van der Waals surface area contributed by atoms with Gasteiger partial charge in [-0.25, -0.2) is 8.42 Å². The molecular weight excluding hydrogens is 413 g/mol. The number of carbonyl (C=O) groups is 1. The standard InChI is InChI=1S/C15H18ClF3N2O3S2/c1-9(2)6-20-14(22)12-7-25-8-21(12)26(23,24)13-5-10(15(17,18)19)3-4-11(13)16/h3-5,9,12H,6-8H2,1-2H3,(H,20,22). The van der Waals surface area contributed by atoms with Gasteiger partial charge >= 0.3 is 6.18 Å². The summed E-state index contributed by atoms with van der Waals surface area (Å²) in [5.74, 6) is -0.111. The number of thioether (sulfide) groups is 1. The van der Waals surface area contributed by atoms with Crippen molar-refractivity contribution in [2.75, 3.05) is 18.2 Å². The molecule has 1 saturated heterocycles. The van der Waals surface area contributed by atoms with E-state index in [0.717, 1.165) is 10.4 Å². The van der Waals surface area contributed by atoms with E-state index in [2.05, 4.69) is 5.32 Å². The fraction of sp³-hybridized carbons (Fsp3) is 0.533. The fourth-order valence-electron chi connectivity index (χ4n) is 2.30. The largest absolute Gasteiger partial charge is 0.416 e. The van der Waals surface area contributed by atoms with Gasteiger partial charge in [0.15, 0.2) is 0 Å². The van der Waals surface area contributed by atoms with Crippen LogP contribution in [0.25, 0.3) is 0 Å². The van der Waals surface area contributed by atoms with Crippen LogP contribution < -0.4 is 5.32 Å². The molecule has 0 radical (unpaired) electrons. The average molecular weight is 431 g/mol. The van der Waals surface area contributed by atoms with Gasteiger partial charge in [-0.3, -0.25) is 4.79 Å². The highest BCUT2D eigenvalue weighted by molar-refractivity contribution is 8.00. The van der Waals surface area contributed by atoms with Crippen LogP contribution in [-0.2, 0) is 21.0 Å². The fourth-order valence-corrected chi connectivity index (χ4v) is 5.95. The summed E-state index contributed by atoms with van der Waals surface area (Å²) in [5.41, 5.74) is -1.12. The Bertz CT molecular complexity index is 785. The van der Waals surface area contributed by atoms with Crippen LogP contribution in [0.3, 0.4) is 0 Å². The number of nitrogens with zero attached hydrogens (tertiary/aromatic N) is 1. The molecule has 146 valence electrons. The van der Waals surface area contributed by atoms with Crippen molar-refractivity contribution in [3.05, 3.63) is 28.8 Å². The van der Waals surface area contributed by atoms with Crippen molar-refractivity contribution in [1.82, 2.24) is 9.62 Å². The summed E-state index contributed by atoms with van der Waals surface area (Å²) in [5, 5.41) is 2.33. The number of sulfonamides is 1. The third kappa shape index (κ3) is 4.65. The molecular formula is C15H18ClF3N2O3S2. The second-order valence-corrected chi connectivity index (χ2v) is 9.46. The number of alkyl halides is 3. The molecule has 1 heterocycles. The van der Waals surface area contributed by atoms with Crippen LogP contribution >= 0.6 is 23.4 Å². The number of rotatable bonds is 5. The molecule has 1 aromatic carbocycles. The lowest BCUT2D eigenvalue weighted by Gasteiger charge is -2.24. The Morgan fingerprint density at radius 1 is 1.42 bits per heavy atom. The van der Waals surface area contributed by atoms with Gasteiger partial charge in [0.1, 0.15) is 10.9 Å². The molecule has 26 heavy (non-hydrogen) atoms. The van der Waals surface area contributed by atoms with Gasteiger partial charge in [0.2, 0.25) is 15.9 Å². The molecule has 1 aliphatic heterocycles. The van der Waals surface area contributed by atoms with Crippen LogP contribution in [0.5, 0.6) is 0 Å². The number of amides is 1. The summed E-state index contributed by atoms with van der Waals surface area (Å²) in [6.45, 7) is 4.15. The SMILES string of the molecule is CC(C)CNC(=O)C1CSCN1S(=O)(=O)c1cc(C(F)(F)F)ccc1Cl. The molecule has 0 bridgehead atoms. The van der Waals surface area contributed by atoms with Crippen LogP contribution in [0.1, 0.15) is 19.4 Å². The van der Waals surface area contributed by atoms with Crippen LogP contribution in [0.15, 0.2) is 23.1 Å². The van der Waals surface area contributed by atoms with E-state index in [-0.39, 0.29) is 22.6 Å². The molecule has 2 rings (SSSR count). The third-order valence-electron chi connectivity index (χ3n) is 3.67. The average Bonchev–Trinajstić information content (AvgIpc) is 3.02. The number of hydrogen-bond acceptors (Lipinski definition) is 4. The molecule has 11 heteroatoms. The molecule has 1 atom stereocenters. The molecule has 5 nitrogen and oxygen atoms in total. The Balaban J connectivity index is 2.36. The minimum atomic E-state index is -4.71. The van der Waals surface area contributed by atoms with Crippen LogP contribution in [-0.4, -0.2) is 42.8 Å². The van der Waals surface area contributed by atoms with Crippen molar-refractivity contribution < 1.29 is 26.4 Å². The van der Waals surface area contributed by atoms with Crippen LogP contribution in [0.4, 0.5) is 13.2 Å². The Morgan fingerprint density at radius 2 is 2.08 bits per heavy atom. The minimum Gasteiger partial charge on any atom is -0.354 e. The zero-order chi connectivity index (χ0) is 19.7. The van der Waals surface area contributed by atoms with Crippen molar-refractivity contribution in [1.29, 1.82) is 0 Å². The van der Waals surface area contributed by atoms with E-state index in [4.69, 9.17) is 11.6 Å². The predicted octanol–water partition coefficient (Wildman–Crippen LogP) is 3.19. The van der Waals surface area contributed by atoms with E-state index >= 15 is 0 Å². The van der Waals surface area contributed by atoms with Crippen LogP contribution in [0.2, 0.25) is 5.02 Å². The highest BCUT2D eigenvalue weighted by atomic mass is 35.5. The lowest BCUT2D eigenvalue weighted by atomic mass is 10.2. The summed E-state index contributed by atoms with van der Waals surface area (Å²) in [7, 11) is -4.37. The molecule has 0 saturated carbocycles. The molecule has 0 aromatic heterocycles. The molecule has 1 fully saturated rings. The quantitative estimate of drug-likeness (QED) is 0.779. The number of halogens is 4. The Morgan fingerprint density at radius 3 is 2.65 bits per heavy atom. The molecule has 1 aliphatic rings. The van der Waals surface area contributed by atoms with Gasteiger partial charge in [-0.2, -0.15) is 17.5 Å². The normalized spacial score (nSPS) is 19.1. The van der Waals surface area contributed by atoms with Gasteiger partial charge in [-0.05, 0) is 24.1 Å². The van der Waals surface area contributed by atoms with E-state index in [1.54, 1.807) is 0 Å². The number of benzene rings is 1. The van der Waals surface area contributed by atoms with Crippen molar-refractivity contribution in [3.8, 4) is 0 Å². The second kappa shape index (κ2) is 7.95. The van der Waals surface area contributed by atoms with Crippen LogP contribution in [0, 0.1) is 5.92 Å². The molecule has 1 aromatic rings. The second-order valence-electron chi connectivity index (χ2n) is 6.19. The molecule has 0 aliphatic carbocycles. The van der Waals surface area contributed by atoms with Crippen molar-refractivity contribution in [3.63, 3.8) is 0 Å². The van der Waals surface area contributed by atoms with Crippen molar-refractivity contribution in [2.24, 2.45) is 5.92 Å². The predicted molar refractivity (Wildman–Crippen MR) is 94.4 cm³/mol. The summed E-state index contributed by atoms with van der Waals surface area (Å²) in [4.78, 5) is 11.7. The van der Waals surface area contributed by atoms with E-state index < -0.39 is 38.6 Å². The lowest BCUT2D eigenvalue weighted by Crippen LogP contribution is -2.47. The summed E-state index contributed by atoms with van der Waals surface area (Å²) in [6, 6.07) is 1.12. The Labute approximate surface area is 159 Å². The maximum atomic E-state index is 12.9. The van der Waals surface area contributed by atoms with Gasteiger partial charge < -0.3 is 5.32 Å². The van der Waals surface area contributed by atoms with E-state index in [0.29, 0.717) is 18.7 Å². The summed E-state index contributed by atoms with van der Waals surface area (Å²) >= 11 is 7.07. The lowest BCUT2D eigenvalue weighted by molar-refractivity contribution is -0.137. The third-order valence-corrected chi connectivity index (χ3v) is 7.19. The zero-order valence-corrected chi connectivity index (χ0v) is 16.4. The van der Waals surface area contributed by atoms with Gasteiger partial charge in [0.25, 0.3) is 0 Å². The van der Waals surface area contributed by atoms with E-state index in [1.165, 1.54) is 11.8 Å². The highest BCUT2D eigenvalue weighted by Gasteiger charge is 2.42. The number of hydrogen-bond donors (Lipinski definition) is 1. The van der Waals surface area contributed by atoms with E-state index in [1.807, 2.05) is 13.8 Å². The minimum absolute atomic E-state index is 0.0331. The molecule has 1 N–H and O–H groups in total. The van der Waals surface area contributed by atoms with Crippen molar-refractivity contribution in [2.45, 2.75) is 31.0 Å². The first kappa shape index (κ1) is 21.3. The Hall–Kier alpha value is -0.970. The monoisotopic (exact) mass is 430 g/mol. The maximum Gasteiger partial charge on any atom is 0.416 e.